The molecule has 2 heterocycles. The fraction of sp³-hybridized carbons (Fsp3) is 0.800. The Hall–Kier alpha value is -0.940. The van der Waals surface area contributed by atoms with Gasteiger partial charge in [0.25, 0.3) is 0 Å². The Morgan fingerprint density at radius 3 is 3.00 bits per heavy atom. The number of aliphatic hydroxyl groups is 1. The Morgan fingerprint density at radius 2 is 2.33 bits per heavy atom. The van der Waals surface area contributed by atoms with E-state index in [1.165, 1.54) is 12.8 Å². The van der Waals surface area contributed by atoms with Crippen molar-refractivity contribution in [2.75, 3.05) is 6.54 Å². The fourth-order valence-electron chi connectivity index (χ4n) is 1.98. The van der Waals surface area contributed by atoms with Crippen molar-refractivity contribution in [2.45, 2.75) is 37.8 Å². The van der Waals surface area contributed by atoms with Crippen LogP contribution in [0.25, 0.3) is 0 Å². The largest absolute Gasteiger partial charge is 0.392 e. The maximum Gasteiger partial charge on any atom is 0.243 e. The first-order valence-corrected chi connectivity index (χ1v) is 5.55. The molecule has 1 aromatic heterocycles. The van der Waals surface area contributed by atoms with Crippen molar-refractivity contribution in [2.24, 2.45) is 5.92 Å². The Bertz CT molecular complexity index is 348. The third-order valence-electron chi connectivity index (χ3n) is 3.06. The molecule has 5 nitrogen and oxygen atoms in total. The highest BCUT2D eigenvalue weighted by Gasteiger charge is 2.29. The Morgan fingerprint density at radius 1 is 1.47 bits per heavy atom. The highest BCUT2D eigenvalue weighted by Crippen LogP contribution is 2.32. The van der Waals surface area contributed by atoms with Crippen LogP contribution in [-0.4, -0.2) is 27.9 Å². The summed E-state index contributed by atoms with van der Waals surface area (Å²) in [5.41, 5.74) is 0. The number of aromatic nitrogens is 2. The van der Waals surface area contributed by atoms with Crippen LogP contribution in [0, 0.1) is 5.92 Å². The van der Waals surface area contributed by atoms with Crippen molar-refractivity contribution in [3.63, 3.8) is 0 Å². The molecule has 0 bridgehead atoms. The molecule has 1 saturated carbocycles. The molecule has 2 fully saturated rings. The molecular formula is C10H15N3O2. The van der Waals surface area contributed by atoms with Crippen molar-refractivity contribution in [1.29, 1.82) is 0 Å². The average molecular weight is 209 g/mol. The number of β-amino-alcohol motifs (C(OH)–C–C–N with tert-alkyl or cyclic N) is 1. The summed E-state index contributed by atoms with van der Waals surface area (Å²) in [6.45, 7) is 0.616. The predicted octanol–water partition coefficient (Wildman–Crippen LogP) is 0.417. The topological polar surface area (TPSA) is 71.2 Å². The first-order valence-electron chi connectivity index (χ1n) is 5.55. The van der Waals surface area contributed by atoms with Crippen LogP contribution in [0.15, 0.2) is 4.52 Å². The molecule has 0 spiro atoms. The third-order valence-corrected chi connectivity index (χ3v) is 3.06. The maximum atomic E-state index is 9.37. The number of hydrogen-bond donors (Lipinski definition) is 2. The average Bonchev–Trinajstić information content (AvgIpc) is 2.74. The van der Waals surface area contributed by atoms with E-state index < -0.39 is 0 Å². The van der Waals surface area contributed by atoms with Crippen LogP contribution in [0.1, 0.15) is 37.0 Å². The van der Waals surface area contributed by atoms with Crippen molar-refractivity contribution in [3.8, 4) is 0 Å². The van der Waals surface area contributed by atoms with E-state index in [4.69, 9.17) is 4.52 Å². The summed E-state index contributed by atoms with van der Waals surface area (Å²) in [6.07, 6.45) is 3.92. The van der Waals surface area contributed by atoms with Gasteiger partial charge < -0.3 is 14.9 Å². The summed E-state index contributed by atoms with van der Waals surface area (Å²) in [5, 5.41) is 16.5. The summed E-state index contributed by atoms with van der Waals surface area (Å²) in [6, 6.07) is 0.0421. The number of nitrogens with one attached hydrogen (secondary N) is 1. The van der Waals surface area contributed by atoms with Crippen molar-refractivity contribution in [1.82, 2.24) is 15.5 Å². The summed E-state index contributed by atoms with van der Waals surface area (Å²) in [7, 11) is 0. The first kappa shape index (κ1) is 9.30. The lowest BCUT2D eigenvalue weighted by Gasteiger charge is -2.01. The summed E-state index contributed by atoms with van der Waals surface area (Å²) in [5.74, 6) is 2.22. The van der Waals surface area contributed by atoms with E-state index in [2.05, 4.69) is 15.5 Å². The van der Waals surface area contributed by atoms with Crippen LogP contribution in [0.4, 0.5) is 0 Å². The lowest BCUT2D eigenvalue weighted by molar-refractivity contribution is 0.191. The van der Waals surface area contributed by atoms with Gasteiger partial charge in [-0.15, -0.1) is 0 Å². The van der Waals surface area contributed by atoms with Crippen molar-refractivity contribution >= 4 is 0 Å². The van der Waals surface area contributed by atoms with Gasteiger partial charge in [-0.25, -0.2) is 0 Å². The minimum atomic E-state index is -0.284. The van der Waals surface area contributed by atoms with Crippen LogP contribution in [0.3, 0.4) is 0 Å². The van der Waals surface area contributed by atoms with E-state index >= 15 is 0 Å². The highest BCUT2D eigenvalue weighted by molar-refractivity contribution is 4.99. The molecule has 1 aromatic rings. The molecule has 1 aliphatic heterocycles. The summed E-state index contributed by atoms with van der Waals surface area (Å²) >= 11 is 0. The standard InChI is InChI=1S/C10H15N3O2/c14-7-4-8(11-5-7)10-12-9(13-15-10)3-6-1-2-6/h6-8,11,14H,1-5H2/t7-,8-/m0/s1. The number of nitrogens with zero attached hydrogens (tertiary/aromatic N) is 2. The number of aliphatic hydroxyl groups excluding tert-OH is 1. The van der Waals surface area contributed by atoms with Gasteiger partial charge in [0.05, 0.1) is 12.1 Å². The minimum Gasteiger partial charge on any atom is -0.392 e. The zero-order chi connectivity index (χ0) is 10.3. The molecule has 0 unspecified atom stereocenters. The second kappa shape index (κ2) is 3.57. The zero-order valence-electron chi connectivity index (χ0n) is 8.52. The molecule has 2 aliphatic rings. The maximum absolute atomic E-state index is 9.37. The number of hydrogen-bond acceptors (Lipinski definition) is 5. The van der Waals surface area contributed by atoms with Crippen LogP contribution in [0.2, 0.25) is 0 Å². The Labute approximate surface area is 87.9 Å². The van der Waals surface area contributed by atoms with Gasteiger partial charge in [-0.05, 0) is 25.2 Å². The highest BCUT2D eigenvalue weighted by atomic mass is 16.5. The SMILES string of the molecule is O[C@@H]1CN[C@H](c2nc(CC3CC3)no2)C1. The van der Waals surface area contributed by atoms with Gasteiger partial charge in [-0.3, -0.25) is 0 Å². The molecule has 1 saturated heterocycles. The van der Waals surface area contributed by atoms with Crippen molar-refractivity contribution in [3.05, 3.63) is 11.7 Å². The van der Waals surface area contributed by atoms with Gasteiger partial charge in [0.2, 0.25) is 5.89 Å². The Balaban J connectivity index is 1.66. The molecule has 82 valence electrons. The van der Waals surface area contributed by atoms with E-state index in [0.29, 0.717) is 18.9 Å². The van der Waals surface area contributed by atoms with Gasteiger partial charge in [-0.1, -0.05) is 5.16 Å². The van der Waals surface area contributed by atoms with Crippen LogP contribution in [-0.2, 0) is 6.42 Å². The fourth-order valence-corrected chi connectivity index (χ4v) is 1.98. The van der Waals surface area contributed by atoms with E-state index in [1.807, 2.05) is 0 Å². The molecular weight excluding hydrogens is 194 g/mol. The third kappa shape index (κ3) is 2.03. The lowest BCUT2D eigenvalue weighted by Crippen LogP contribution is -2.15. The molecule has 0 amide bonds. The van der Waals surface area contributed by atoms with Gasteiger partial charge in [0.15, 0.2) is 5.82 Å². The molecule has 5 heteroatoms. The smallest absolute Gasteiger partial charge is 0.243 e. The predicted molar refractivity (Wildman–Crippen MR) is 52.1 cm³/mol. The normalized spacial score (nSPS) is 31.0. The van der Waals surface area contributed by atoms with Gasteiger partial charge in [-0.2, -0.15) is 4.98 Å². The quantitative estimate of drug-likeness (QED) is 0.754. The van der Waals surface area contributed by atoms with Crippen LogP contribution < -0.4 is 5.32 Å². The minimum absolute atomic E-state index is 0.0421. The van der Waals surface area contributed by atoms with E-state index in [1.54, 1.807) is 0 Å². The monoisotopic (exact) mass is 209 g/mol. The summed E-state index contributed by atoms with van der Waals surface area (Å²) < 4.78 is 5.19. The lowest BCUT2D eigenvalue weighted by atomic mass is 10.2. The zero-order valence-corrected chi connectivity index (χ0v) is 8.52. The van der Waals surface area contributed by atoms with Crippen LogP contribution >= 0.6 is 0 Å². The molecule has 1 aliphatic carbocycles. The molecule has 3 rings (SSSR count). The van der Waals surface area contributed by atoms with Gasteiger partial charge in [0, 0.05) is 13.0 Å². The second-order valence-electron chi connectivity index (χ2n) is 4.55. The molecule has 0 aromatic carbocycles. The molecule has 15 heavy (non-hydrogen) atoms. The first-order chi connectivity index (χ1) is 7.31. The Kier molecular flexibility index (Phi) is 2.21. The van der Waals surface area contributed by atoms with Crippen LogP contribution in [0.5, 0.6) is 0 Å². The molecule has 2 N–H and O–H groups in total. The second-order valence-corrected chi connectivity index (χ2v) is 4.55. The number of rotatable bonds is 3. The molecule has 2 atom stereocenters. The van der Waals surface area contributed by atoms with Gasteiger partial charge in [0.1, 0.15) is 0 Å². The van der Waals surface area contributed by atoms with E-state index in [-0.39, 0.29) is 12.1 Å². The van der Waals surface area contributed by atoms with Crippen molar-refractivity contribution < 1.29 is 9.63 Å². The van der Waals surface area contributed by atoms with E-state index in [0.717, 1.165) is 18.2 Å². The van der Waals surface area contributed by atoms with Gasteiger partial charge >= 0.3 is 0 Å². The summed E-state index contributed by atoms with van der Waals surface area (Å²) in [4.78, 5) is 4.36. The molecule has 0 radical (unpaired) electrons. The van der Waals surface area contributed by atoms with E-state index in [9.17, 15) is 5.11 Å².